The van der Waals surface area contributed by atoms with E-state index in [1.807, 2.05) is 23.1 Å². The number of hydrogen-bond acceptors (Lipinski definition) is 3. The van der Waals surface area contributed by atoms with Crippen LogP contribution in [0.15, 0.2) is 41.8 Å². The zero-order chi connectivity index (χ0) is 14.5. The molecule has 1 nitrogen and oxygen atoms in total. The first-order chi connectivity index (χ1) is 10.4. The fraction of sp³-hybridized carbons (Fsp3) is 0.444. The first-order valence-corrected chi connectivity index (χ1v) is 9.92. The number of hydrogen-bond donors (Lipinski definition) is 1. The Labute approximate surface area is 136 Å². The van der Waals surface area contributed by atoms with Crippen molar-refractivity contribution in [3.05, 3.63) is 46.7 Å². The van der Waals surface area contributed by atoms with E-state index in [0.717, 1.165) is 11.8 Å². The molecule has 1 aliphatic carbocycles. The number of benzene rings is 1. The Hall–Kier alpha value is -0.770. The largest absolute Gasteiger partial charge is 0.308 e. The van der Waals surface area contributed by atoms with Crippen LogP contribution >= 0.6 is 23.1 Å². The Morgan fingerprint density at radius 3 is 2.76 bits per heavy atom. The van der Waals surface area contributed by atoms with Crippen LogP contribution in [-0.4, -0.2) is 17.5 Å². The third-order valence-electron chi connectivity index (χ3n) is 4.30. The van der Waals surface area contributed by atoms with E-state index >= 15 is 0 Å². The zero-order valence-corrected chi connectivity index (χ0v) is 14.2. The molecule has 1 saturated carbocycles. The lowest BCUT2D eigenvalue weighted by Crippen LogP contribution is -2.39. The molecule has 0 bridgehead atoms. The molecule has 2 atom stereocenters. The van der Waals surface area contributed by atoms with Gasteiger partial charge in [0.1, 0.15) is 0 Å². The molecule has 21 heavy (non-hydrogen) atoms. The monoisotopic (exact) mass is 317 g/mol. The number of thiophene rings is 1. The highest BCUT2D eigenvalue weighted by molar-refractivity contribution is 7.99. The predicted octanol–water partition coefficient (Wildman–Crippen LogP) is 5.18. The lowest BCUT2D eigenvalue weighted by atomic mass is 9.95. The second kappa shape index (κ2) is 7.48. The van der Waals surface area contributed by atoms with Crippen molar-refractivity contribution in [2.75, 3.05) is 6.26 Å². The smallest absolute Gasteiger partial charge is 0.0302 e. The van der Waals surface area contributed by atoms with Gasteiger partial charge in [0, 0.05) is 22.7 Å². The summed E-state index contributed by atoms with van der Waals surface area (Å²) in [5.74, 6) is 0. The molecular formula is C18H23NS2. The van der Waals surface area contributed by atoms with E-state index in [0.29, 0.717) is 6.04 Å². The molecule has 0 saturated heterocycles. The normalized spacial score (nSPS) is 22.3. The summed E-state index contributed by atoms with van der Waals surface area (Å²) in [7, 11) is 0. The Morgan fingerprint density at radius 2 is 1.95 bits per heavy atom. The van der Waals surface area contributed by atoms with Crippen LogP contribution in [0, 0.1) is 0 Å². The molecule has 2 unspecified atom stereocenters. The van der Waals surface area contributed by atoms with E-state index in [-0.39, 0.29) is 0 Å². The zero-order valence-electron chi connectivity index (χ0n) is 12.5. The van der Waals surface area contributed by atoms with Crippen molar-refractivity contribution in [1.29, 1.82) is 0 Å². The summed E-state index contributed by atoms with van der Waals surface area (Å²) < 4.78 is 0. The van der Waals surface area contributed by atoms with Crippen molar-refractivity contribution in [3.63, 3.8) is 0 Å². The van der Waals surface area contributed by atoms with Gasteiger partial charge >= 0.3 is 0 Å². The minimum absolute atomic E-state index is 0.691. The highest BCUT2D eigenvalue weighted by Gasteiger charge is 2.23. The second-order valence-corrected chi connectivity index (χ2v) is 7.79. The van der Waals surface area contributed by atoms with Crippen LogP contribution in [0.3, 0.4) is 0 Å². The summed E-state index contributed by atoms with van der Waals surface area (Å²) in [6, 6.07) is 13.7. The SMILES string of the molecule is CSC1CCCCC1NCc1cc(-c2ccccc2)cs1. The summed E-state index contributed by atoms with van der Waals surface area (Å²) in [5, 5.41) is 6.87. The van der Waals surface area contributed by atoms with Crippen LogP contribution in [0.2, 0.25) is 0 Å². The van der Waals surface area contributed by atoms with Crippen LogP contribution in [0.4, 0.5) is 0 Å². The molecule has 3 heteroatoms. The highest BCUT2D eigenvalue weighted by Crippen LogP contribution is 2.29. The molecule has 1 fully saturated rings. The molecule has 3 rings (SSSR count). The van der Waals surface area contributed by atoms with Crippen LogP contribution in [0.5, 0.6) is 0 Å². The molecule has 1 aromatic carbocycles. The average molecular weight is 318 g/mol. The lowest BCUT2D eigenvalue weighted by Gasteiger charge is -2.31. The van der Waals surface area contributed by atoms with Gasteiger partial charge in [-0.25, -0.2) is 0 Å². The van der Waals surface area contributed by atoms with Crippen molar-refractivity contribution in [3.8, 4) is 11.1 Å². The first kappa shape index (κ1) is 15.1. The van der Waals surface area contributed by atoms with E-state index in [1.54, 1.807) is 0 Å². The molecule has 1 aromatic heterocycles. The van der Waals surface area contributed by atoms with Gasteiger partial charge in [-0.3, -0.25) is 0 Å². The first-order valence-electron chi connectivity index (χ1n) is 7.76. The van der Waals surface area contributed by atoms with Gasteiger partial charge in [0.05, 0.1) is 0 Å². The van der Waals surface area contributed by atoms with Gasteiger partial charge < -0.3 is 5.32 Å². The maximum absolute atomic E-state index is 3.79. The fourth-order valence-electron chi connectivity index (χ4n) is 3.10. The summed E-state index contributed by atoms with van der Waals surface area (Å²) in [4.78, 5) is 1.44. The maximum atomic E-state index is 3.79. The molecule has 112 valence electrons. The Balaban J connectivity index is 1.60. The molecule has 1 aliphatic rings. The molecule has 0 spiro atoms. The van der Waals surface area contributed by atoms with Gasteiger partial charge in [-0.1, -0.05) is 43.2 Å². The molecule has 2 aromatic rings. The molecule has 0 aliphatic heterocycles. The van der Waals surface area contributed by atoms with Crippen molar-refractivity contribution >= 4 is 23.1 Å². The van der Waals surface area contributed by atoms with Crippen molar-refractivity contribution in [2.24, 2.45) is 0 Å². The minimum atomic E-state index is 0.691. The molecular weight excluding hydrogens is 294 g/mol. The number of thioether (sulfide) groups is 1. The molecule has 0 amide bonds. The average Bonchev–Trinajstić information content (AvgIpc) is 3.03. The minimum Gasteiger partial charge on any atom is -0.308 e. The van der Waals surface area contributed by atoms with E-state index in [1.165, 1.54) is 41.7 Å². The third kappa shape index (κ3) is 3.91. The van der Waals surface area contributed by atoms with Crippen molar-refractivity contribution in [2.45, 2.75) is 43.5 Å². The fourth-order valence-corrected chi connectivity index (χ4v) is 4.91. The van der Waals surface area contributed by atoms with E-state index < -0.39 is 0 Å². The Kier molecular flexibility index (Phi) is 5.39. The summed E-state index contributed by atoms with van der Waals surface area (Å²) in [5.41, 5.74) is 2.67. The van der Waals surface area contributed by atoms with Gasteiger partial charge in [-0.2, -0.15) is 11.8 Å². The number of rotatable bonds is 5. The van der Waals surface area contributed by atoms with E-state index in [9.17, 15) is 0 Å². The predicted molar refractivity (Wildman–Crippen MR) is 96.2 cm³/mol. The van der Waals surface area contributed by atoms with Crippen LogP contribution in [0.1, 0.15) is 30.6 Å². The highest BCUT2D eigenvalue weighted by atomic mass is 32.2. The van der Waals surface area contributed by atoms with E-state index in [4.69, 9.17) is 0 Å². The summed E-state index contributed by atoms with van der Waals surface area (Å²) in [6.45, 7) is 1.01. The topological polar surface area (TPSA) is 12.0 Å². The quantitative estimate of drug-likeness (QED) is 0.815. The van der Waals surface area contributed by atoms with E-state index in [2.05, 4.69) is 53.4 Å². The lowest BCUT2D eigenvalue weighted by molar-refractivity contribution is 0.384. The Morgan fingerprint density at radius 1 is 1.14 bits per heavy atom. The van der Waals surface area contributed by atoms with Crippen LogP contribution < -0.4 is 5.32 Å². The van der Waals surface area contributed by atoms with Crippen LogP contribution in [-0.2, 0) is 6.54 Å². The number of nitrogens with one attached hydrogen (secondary N) is 1. The molecule has 1 N–H and O–H groups in total. The van der Waals surface area contributed by atoms with Crippen LogP contribution in [0.25, 0.3) is 11.1 Å². The standard InChI is InChI=1S/C18H23NS2/c1-20-18-10-6-5-9-17(18)19-12-16-11-15(13-21-16)14-7-3-2-4-8-14/h2-4,7-8,11,13,17-19H,5-6,9-10,12H2,1H3. The molecule has 0 radical (unpaired) electrons. The molecule has 1 heterocycles. The van der Waals surface area contributed by atoms with Gasteiger partial charge in [-0.05, 0) is 41.7 Å². The van der Waals surface area contributed by atoms with Gasteiger partial charge in [0.25, 0.3) is 0 Å². The Bertz CT molecular complexity index is 549. The summed E-state index contributed by atoms with van der Waals surface area (Å²) >= 11 is 3.90. The van der Waals surface area contributed by atoms with Gasteiger partial charge in [0.2, 0.25) is 0 Å². The second-order valence-electron chi connectivity index (χ2n) is 5.71. The maximum Gasteiger partial charge on any atom is 0.0302 e. The third-order valence-corrected chi connectivity index (χ3v) is 6.41. The van der Waals surface area contributed by atoms with Gasteiger partial charge in [-0.15, -0.1) is 11.3 Å². The van der Waals surface area contributed by atoms with Crippen molar-refractivity contribution in [1.82, 2.24) is 5.32 Å². The van der Waals surface area contributed by atoms with Gasteiger partial charge in [0.15, 0.2) is 0 Å². The van der Waals surface area contributed by atoms with Crippen molar-refractivity contribution < 1.29 is 0 Å². The summed E-state index contributed by atoms with van der Waals surface area (Å²) in [6.07, 6.45) is 7.75.